The summed E-state index contributed by atoms with van der Waals surface area (Å²) in [6.45, 7) is 9.88. The maximum absolute atomic E-state index is 12.2. The lowest BCUT2D eigenvalue weighted by atomic mass is 10.1. The molecule has 0 N–H and O–H groups in total. The fraction of sp³-hybridized carbons (Fsp3) is 0.565. The number of benzene rings is 1. The van der Waals surface area contributed by atoms with E-state index in [0.717, 1.165) is 12.8 Å². The van der Waals surface area contributed by atoms with E-state index in [-0.39, 0.29) is 17.7 Å². The summed E-state index contributed by atoms with van der Waals surface area (Å²) in [7, 11) is 0. The van der Waals surface area contributed by atoms with Gasteiger partial charge < -0.3 is 9.47 Å². The summed E-state index contributed by atoms with van der Waals surface area (Å²) in [6.07, 6.45) is 11.3. The van der Waals surface area contributed by atoms with Crippen LogP contribution < -0.4 is 0 Å². The Labute approximate surface area is 165 Å². The van der Waals surface area contributed by atoms with Crippen molar-refractivity contribution >= 4 is 11.9 Å². The Balaban J connectivity index is 0.00000210. The van der Waals surface area contributed by atoms with Crippen LogP contribution >= 0.6 is 0 Å². The van der Waals surface area contributed by atoms with Gasteiger partial charge in [-0.05, 0) is 32.4 Å². The molecule has 1 aromatic carbocycles. The van der Waals surface area contributed by atoms with Crippen molar-refractivity contribution in [2.24, 2.45) is 0 Å². The molecule has 0 heterocycles. The first-order valence-electron chi connectivity index (χ1n) is 10.1. The molecule has 27 heavy (non-hydrogen) atoms. The maximum Gasteiger partial charge on any atom is 0.339 e. The molecular formula is C23H36O4. The van der Waals surface area contributed by atoms with E-state index in [4.69, 9.17) is 9.47 Å². The third-order valence-corrected chi connectivity index (χ3v) is 3.87. The monoisotopic (exact) mass is 376 g/mol. The lowest BCUT2D eigenvalue weighted by Gasteiger charge is -2.09. The van der Waals surface area contributed by atoms with E-state index < -0.39 is 11.9 Å². The topological polar surface area (TPSA) is 52.6 Å². The summed E-state index contributed by atoms with van der Waals surface area (Å²) in [4.78, 5) is 24.0. The van der Waals surface area contributed by atoms with Gasteiger partial charge >= 0.3 is 11.9 Å². The average Bonchev–Trinajstić information content (AvgIpc) is 2.67. The second-order valence-electron chi connectivity index (χ2n) is 6.29. The molecule has 152 valence electrons. The summed E-state index contributed by atoms with van der Waals surface area (Å²) in [5, 5.41) is 0. The first-order valence-corrected chi connectivity index (χ1v) is 10.1. The van der Waals surface area contributed by atoms with Crippen LogP contribution in [0.25, 0.3) is 0 Å². The number of carbonyl (C=O) groups is 2. The highest BCUT2D eigenvalue weighted by atomic mass is 16.5. The van der Waals surface area contributed by atoms with Gasteiger partial charge in [-0.3, -0.25) is 0 Å². The van der Waals surface area contributed by atoms with Crippen molar-refractivity contribution in [3.63, 3.8) is 0 Å². The zero-order valence-electron chi connectivity index (χ0n) is 17.3. The smallest absolute Gasteiger partial charge is 0.339 e. The largest absolute Gasteiger partial charge is 0.462 e. The minimum absolute atomic E-state index is 0.264. The predicted molar refractivity (Wildman–Crippen MR) is 111 cm³/mol. The molecule has 0 radical (unpaired) electrons. The molecular weight excluding hydrogens is 340 g/mol. The predicted octanol–water partition coefficient (Wildman–Crippen LogP) is 6.35. The molecule has 4 nitrogen and oxygen atoms in total. The van der Waals surface area contributed by atoms with Crippen molar-refractivity contribution in [2.75, 3.05) is 13.2 Å². The van der Waals surface area contributed by atoms with Crippen molar-refractivity contribution in [2.45, 2.75) is 72.1 Å². The molecule has 0 aromatic heterocycles. The number of hydrogen-bond acceptors (Lipinski definition) is 4. The summed E-state index contributed by atoms with van der Waals surface area (Å²) in [5.74, 6) is -0.946. The van der Waals surface area contributed by atoms with E-state index in [2.05, 4.69) is 13.5 Å². The van der Waals surface area contributed by atoms with Crippen molar-refractivity contribution in [1.29, 1.82) is 0 Å². The highest BCUT2D eigenvalue weighted by molar-refractivity contribution is 6.03. The van der Waals surface area contributed by atoms with Crippen LogP contribution in [0.1, 0.15) is 92.9 Å². The molecule has 0 atom stereocenters. The molecule has 0 aliphatic carbocycles. The quantitative estimate of drug-likeness (QED) is 0.242. The van der Waals surface area contributed by atoms with Gasteiger partial charge in [0, 0.05) is 0 Å². The van der Waals surface area contributed by atoms with Gasteiger partial charge in [0.2, 0.25) is 0 Å². The van der Waals surface area contributed by atoms with E-state index in [1.165, 1.54) is 38.5 Å². The van der Waals surface area contributed by atoms with Crippen LogP contribution in [-0.4, -0.2) is 25.2 Å². The summed E-state index contributed by atoms with van der Waals surface area (Å²) >= 11 is 0. The Morgan fingerprint density at radius 1 is 0.852 bits per heavy atom. The molecule has 0 spiro atoms. The highest BCUT2D eigenvalue weighted by Gasteiger charge is 2.18. The van der Waals surface area contributed by atoms with Crippen LogP contribution in [0, 0.1) is 0 Å². The zero-order valence-corrected chi connectivity index (χ0v) is 17.3. The van der Waals surface area contributed by atoms with E-state index >= 15 is 0 Å². The van der Waals surface area contributed by atoms with Crippen LogP contribution in [0.5, 0.6) is 0 Å². The van der Waals surface area contributed by atoms with E-state index in [1.54, 1.807) is 37.3 Å². The highest BCUT2D eigenvalue weighted by Crippen LogP contribution is 2.13. The van der Waals surface area contributed by atoms with Gasteiger partial charge in [0.15, 0.2) is 0 Å². The fourth-order valence-electron chi connectivity index (χ4n) is 2.53. The Hall–Kier alpha value is -2.10. The Morgan fingerprint density at radius 3 is 1.78 bits per heavy atom. The van der Waals surface area contributed by atoms with Gasteiger partial charge in [0.25, 0.3) is 0 Å². The van der Waals surface area contributed by atoms with Gasteiger partial charge in [0.1, 0.15) is 0 Å². The molecule has 1 aromatic rings. The summed E-state index contributed by atoms with van der Waals surface area (Å²) in [5.41, 5.74) is 0.538. The lowest BCUT2D eigenvalue weighted by molar-refractivity contribution is 0.0462. The third kappa shape index (κ3) is 12.0. The van der Waals surface area contributed by atoms with E-state index in [0.29, 0.717) is 6.61 Å². The van der Waals surface area contributed by atoms with Crippen molar-refractivity contribution in [3.05, 3.63) is 48.0 Å². The Kier molecular flexibility index (Phi) is 16.0. The third-order valence-electron chi connectivity index (χ3n) is 3.87. The van der Waals surface area contributed by atoms with Crippen LogP contribution in [-0.2, 0) is 9.47 Å². The van der Waals surface area contributed by atoms with Gasteiger partial charge in [0.05, 0.1) is 24.3 Å². The molecule has 0 unspecified atom stereocenters. The number of carbonyl (C=O) groups excluding carboxylic acids is 2. The van der Waals surface area contributed by atoms with Crippen LogP contribution in [0.4, 0.5) is 0 Å². The number of unbranched alkanes of at least 4 members (excludes halogenated alkanes) is 7. The van der Waals surface area contributed by atoms with Crippen LogP contribution in [0.2, 0.25) is 0 Å². The zero-order chi connectivity index (χ0) is 20.3. The molecule has 0 saturated heterocycles. The number of allylic oxidation sites excluding steroid dienone is 1. The molecule has 0 saturated carbocycles. The molecule has 1 rings (SSSR count). The SMILES string of the molecule is C=CC.CCCCCCCCCCOC(=O)c1ccccc1C(=O)OCC. The molecule has 0 aliphatic heterocycles. The van der Waals surface area contributed by atoms with Crippen LogP contribution in [0.15, 0.2) is 36.9 Å². The maximum atomic E-state index is 12.2. The van der Waals surface area contributed by atoms with Gasteiger partial charge in [-0.1, -0.05) is 70.1 Å². The first-order chi connectivity index (χ1) is 13.1. The second-order valence-corrected chi connectivity index (χ2v) is 6.29. The Morgan fingerprint density at radius 2 is 1.30 bits per heavy atom. The normalized spacial score (nSPS) is 9.74. The standard InChI is InChI=1S/C20H30O4.C3H6/c1-3-5-6-7-8-9-10-13-16-24-20(22)18-15-12-11-14-17(18)19(21)23-4-2;1-3-2/h11-12,14-15H,3-10,13,16H2,1-2H3;3H,1H2,2H3. The number of ether oxygens (including phenoxy) is 2. The van der Waals surface area contributed by atoms with Crippen molar-refractivity contribution < 1.29 is 19.1 Å². The summed E-state index contributed by atoms with van der Waals surface area (Å²) in [6, 6.07) is 6.62. The van der Waals surface area contributed by atoms with Crippen molar-refractivity contribution in [3.8, 4) is 0 Å². The molecule has 0 amide bonds. The number of esters is 2. The van der Waals surface area contributed by atoms with E-state index in [9.17, 15) is 9.59 Å². The van der Waals surface area contributed by atoms with Gasteiger partial charge in [-0.25, -0.2) is 9.59 Å². The summed E-state index contributed by atoms with van der Waals surface area (Å²) < 4.78 is 10.3. The molecule has 0 bridgehead atoms. The average molecular weight is 377 g/mol. The number of rotatable bonds is 12. The van der Waals surface area contributed by atoms with E-state index in [1.807, 2.05) is 6.92 Å². The van der Waals surface area contributed by atoms with Gasteiger partial charge in [-0.15, -0.1) is 6.58 Å². The fourth-order valence-corrected chi connectivity index (χ4v) is 2.53. The number of hydrogen-bond donors (Lipinski definition) is 0. The Bertz CT molecular complexity index is 537. The molecule has 0 aliphatic rings. The molecule has 0 fully saturated rings. The molecule has 4 heteroatoms. The minimum atomic E-state index is -0.489. The van der Waals surface area contributed by atoms with Crippen molar-refractivity contribution in [1.82, 2.24) is 0 Å². The van der Waals surface area contributed by atoms with Gasteiger partial charge in [-0.2, -0.15) is 0 Å². The first kappa shape index (κ1) is 24.9. The van der Waals surface area contributed by atoms with Crippen LogP contribution in [0.3, 0.4) is 0 Å². The minimum Gasteiger partial charge on any atom is -0.462 e. The lowest BCUT2D eigenvalue weighted by Crippen LogP contribution is -2.14. The second kappa shape index (κ2) is 17.3.